The maximum Gasteiger partial charge on any atom is 0.307 e. The third-order valence-electron chi connectivity index (χ3n) is 7.06. The highest BCUT2D eigenvalue weighted by atomic mass is 35.5. The van der Waals surface area contributed by atoms with Crippen molar-refractivity contribution in [1.29, 1.82) is 0 Å². The van der Waals surface area contributed by atoms with Crippen LogP contribution in [0.1, 0.15) is 35.2 Å². The molecule has 42 heavy (non-hydrogen) atoms. The van der Waals surface area contributed by atoms with Crippen LogP contribution in [-0.2, 0) is 19.1 Å². The Hall–Kier alpha value is -3.60. The molecule has 1 aliphatic rings. The summed E-state index contributed by atoms with van der Waals surface area (Å²) in [7, 11) is 2.77. The number of methoxy groups -OCH3 is 2. The van der Waals surface area contributed by atoms with Gasteiger partial charge in [0.25, 0.3) is 5.91 Å². The predicted octanol–water partition coefficient (Wildman–Crippen LogP) is 4.95. The van der Waals surface area contributed by atoms with E-state index in [9.17, 15) is 19.2 Å². The fourth-order valence-corrected chi connectivity index (χ4v) is 6.12. The summed E-state index contributed by atoms with van der Waals surface area (Å²) in [6.45, 7) is 0.823. The SMILES string of the molecule is COC(=O)C[C@H](CNC(=O)c1cccc(OC)c1)NC(=O)C1CCN(C(=O)/C=C/c2cc3ccsc3c(Cl)c2Cl)CC1. The number of thiophene rings is 1. The van der Waals surface area contributed by atoms with Crippen molar-refractivity contribution >= 4 is 74.4 Å². The molecule has 0 aliphatic carbocycles. The summed E-state index contributed by atoms with van der Waals surface area (Å²) in [5, 5.41) is 9.38. The van der Waals surface area contributed by atoms with E-state index in [4.69, 9.17) is 32.7 Å². The van der Waals surface area contributed by atoms with E-state index in [0.717, 1.165) is 10.1 Å². The zero-order chi connectivity index (χ0) is 30.2. The largest absolute Gasteiger partial charge is 0.497 e. The normalized spacial score (nSPS) is 14.5. The number of ether oxygens (including phenoxy) is 2. The zero-order valence-corrected chi connectivity index (χ0v) is 25.5. The molecule has 2 aromatic carbocycles. The Labute approximate surface area is 257 Å². The summed E-state index contributed by atoms with van der Waals surface area (Å²) >= 11 is 14.3. The first-order valence-electron chi connectivity index (χ1n) is 13.3. The van der Waals surface area contributed by atoms with Crippen molar-refractivity contribution in [2.45, 2.75) is 25.3 Å². The summed E-state index contributed by atoms with van der Waals surface area (Å²) in [5.74, 6) is -1.11. The quantitative estimate of drug-likeness (QED) is 0.242. The number of esters is 1. The molecular formula is C30H31Cl2N3O6S. The number of likely N-dealkylation sites (tertiary alicyclic amines) is 1. The van der Waals surface area contributed by atoms with E-state index in [-0.39, 0.29) is 36.6 Å². The van der Waals surface area contributed by atoms with E-state index in [0.29, 0.717) is 52.9 Å². The highest BCUT2D eigenvalue weighted by Gasteiger charge is 2.29. The number of rotatable bonds is 10. The van der Waals surface area contributed by atoms with E-state index in [1.807, 2.05) is 17.5 Å². The maximum atomic E-state index is 13.1. The van der Waals surface area contributed by atoms with Crippen molar-refractivity contribution in [1.82, 2.24) is 15.5 Å². The van der Waals surface area contributed by atoms with Crippen molar-refractivity contribution in [2.75, 3.05) is 33.9 Å². The molecule has 0 bridgehead atoms. The highest BCUT2D eigenvalue weighted by Crippen LogP contribution is 2.37. The molecule has 0 unspecified atom stereocenters. The van der Waals surface area contributed by atoms with Crippen LogP contribution in [0.2, 0.25) is 10.0 Å². The predicted molar refractivity (Wildman–Crippen MR) is 164 cm³/mol. The Balaban J connectivity index is 1.31. The molecule has 1 aromatic heterocycles. The molecule has 0 radical (unpaired) electrons. The fraction of sp³-hybridized carbons (Fsp3) is 0.333. The van der Waals surface area contributed by atoms with E-state index in [1.54, 1.807) is 35.2 Å². The highest BCUT2D eigenvalue weighted by molar-refractivity contribution is 7.18. The number of carbonyl (C=O) groups excluding carboxylic acids is 4. The molecule has 222 valence electrons. The number of hydrogen-bond acceptors (Lipinski definition) is 7. The van der Waals surface area contributed by atoms with Gasteiger partial charge >= 0.3 is 5.97 Å². The number of nitrogens with zero attached hydrogens (tertiary/aromatic N) is 1. The van der Waals surface area contributed by atoms with Gasteiger partial charge in [-0.2, -0.15) is 0 Å². The smallest absolute Gasteiger partial charge is 0.307 e. The lowest BCUT2D eigenvalue weighted by Crippen LogP contribution is -2.49. The molecule has 2 N–H and O–H groups in total. The van der Waals surface area contributed by atoms with Gasteiger partial charge in [0.05, 0.1) is 41.4 Å². The van der Waals surface area contributed by atoms with Gasteiger partial charge in [-0.15, -0.1) is 11.3 Å². The number of nitrogens with one attached hydrogen (secondary N) is 2. The molecular weight excluding hydrogens is 601 g/mol. The lowest BCUT2D eigenvalue weighted by atomic mass is 9.95. The lowest BCUT2D eigenvalue weighted by molar-refractivity contribution is -0.141. The van der Waals surface area contributed by atoms with Gasteiger partial charge in [0.1, 0.15) is 5.75 Å². The minimum absolute atomic E-state index is 0.0305. The number of fused-ring (bicyclic) bond motifs is 1. The van der Waals surface area contributed by atoms with Crippen LogP contribution in [0.15, 0.2) is 47.9 Å². The topological polar surface area (TPSA) is 114 Å². The van der Waals surface area contributed by atoms with Crippen LogP contribution in [0.5, 0.6) is 5.75 Å². The van der Waals surface area contributed by atoms with E-state index in [2.05, 4.69) is 10.6 Å². The average Bonchev–Trinajstić information content (AvgIpc) is 3.49. The molecule has 0 spiro atoms. The molecule has 4 rings (SSSR count). The number of halogens is 2. The number of amides is 3. The Bertz CT molecular complexity index is 1500. The lowest BCUT2D eigenvalue weighted by Gasteiger charge is -2.31. The first-order valence-corrected chi connectivity index (χ1v) is 14.9. The Morgan fingerprint density at radius 3 is 2.57 bits per heavy atom. The third kappa shape index (κ3) is 7.81. The van der Waals surface area contributed by atoms with Crippen LogP contribution in [0.3, 0.4) is 0 Å². The van der Waals surface area contributed by atoms with E-state index < -0.39 is 12.0 Å². The van der Waals surface area contributed by atoms with Gasteiger partial charge in [-0.05, 0) is 65.6 Å². The van der Waals surface area contributed by atoms with Crippen LogP contribution in [0, 0.1) is 5.92 Å². The molecule has 0 saturated carbocycles. The van der Waals surface area contributed by atoms with Crippen molar-refractivity contribution < 1.29 is 28.7 Å². The van der Waals surface area contributed by atoms with Crippen LogP contribution in [0.4, 0.5) is 0 Å². The summed E-state index contributed by atoms with van der Waals surface area (Å²) in [4.78, 5) is 52.2. The second kappa shape index (κ2) is 14.5. The van der Waals surface area contributed by atoms with Crippen molar-refractivity contribution in [3.05, 3.63) is 69.0 Å². The first-order chi connectivity index (χ1) is 20.2. The van der Waals surface area contributed by atoms with Gasteiger partial charge < -0.3 is 25.0 Å². The molecule has 1 fully saturated rings. The average molecular weight is 633 g/mol. The van der Waals surface area contributed by atoms with E-state index in [1.165, 1.54) is 31.6 Å². The first kappa shape index (κ1) is 31.3. The van der Waals surface area contributed by atoms with Crippen molar-refractivity contribution in [3.8, 4) is 5.75 Å². The van der Waals surface area contributed by atoms with Gasteiger partial charge in [-0.25, -0.2) is 0 Å². The molecule has 2 heterocycles. The maximum absolute atomic E-state index is 13.1. The van der Waals surface area contributed by atoms with Gasteiger partial charge in [0.2, 0.25) is 11.8 Å². The van der Waals surface area contributed by atoms with E-state index >= 15 is 0 Å². The number of carbonyl (C=O) groups is 4. The second-order valence-electron chi connectivity index (χ2n) is 9.79. The Morgan fingerprint density at radius 1 is 1.10 bits per heavy atom. The Kier molecular flexibility index (Phi) is 10.8. The molecule has 3 aromatic rings. The number of piperidine rings is 1. The molecule has 1 aliphatic heterocycles. The molecule has 1 saturated heterocycles. The molecule has 1 atom stereocenters. The minimum Gasteiger partial charge on any atom is -0.497 e. The zero-order valence-electron chi connectivity index (χ0n) is 23.2. The monoisotopic (exact) mass is 631 g/mol. The molecule has 9 nitrogen and oxygen atoms in total. The van der Waals surface area contributed by atoms with Gasteiger partial charge in [0, 0.05) is 37.2 Å². The van der Waals surface area contributed by atoms with Crippen LogP contribution >= 0.6 is 34.5 Å². The molecule has 3 amide bonds. The summed E-state index contributed by atoms with van der Waals surface area (Å²) < 4.78 is 10.8. The fourth-order valence-electron chi connectivity index (χ4n) is 4.68. The van der Waals surface area contributed by atoms with Crippen LogP contribution in [0.25, 0.3) is 16.2 Å². The van der Waals surface area contributed by atoms with Gasteiger partial charge in [-0.1, -0.05) is 29.3 Å². The number of benzene rings is 2. The van der Waals surface area contributed by atoms with Gasteiger partial charge in [-0.3, -0.25) is 19.2 Å². The van der Waals surface area contributed by atoms with Crippen LogP contribution < -0.4 is 15.4 Å². The minimum atomic E-state index is -0.667. The number of hydrogen-bond donors (Lipinski definition) is 2. The summed E-state index contributed by atoms with van der Waals surface area (Å²) in [6.07, 6.45) is 3.93. The van der Waals surface area contributed by atoms with Gasteiger partial charge in [0.15, 0.2) is 0 Å². The van der Waals surface area contributed by atoms with Crippen LogP contribution in [-0.4, -0.2) is 68.5 Å². The third-order valence-corrected chi connectivity index (χ3v) is 9.00. The molecule has 12 heteroatoms. The van der Waals surface area contributed by atoms with Crippen molar-refractivity contribution in [3.63, 3.8) is 0 Å². The second-order valence-corrected chi connectivity index (χ2v) is 11.5. The van der Waals surface area contributed by atoms with Crippen molar-refractivity contribution in [2.24, 2.45) is 5.92 Å². The summed E-state index contributed by atoms with van der Waals surface area (Å²) in [6, 6.07) is 9.83. The standard InChI is InChI=1S/C30H31Cl2N3O6S/c1-40-23-5-3-4-21(15-23)29(38)33-17-22(16-25(37)41-2)34-30(39)18-8-11-35(12-9-18)24(36)7-6-19-14-20-10-13-42-28(20)27(32)26(19)31/h3-7,10,13-15,18,22H,8-9,11-12,16-17H2,1-2H3,(H,33,38)(H,34,39)/b7-6+/t22-/m1/s1. The Morgan fingerprint density at radius 2 is 1.86 bits per heavy atom. The summed E-state index contributed by atoms with van der Waals surface area (Å²) in [5.41, 5.74) is 1.05.